The minimum atomic E-state index is -0.269. The first-order valence-electron chi connectivity index (χ1n) is 8.12. The number of rotatable bonds is 2. The Morgan fingerprint density at radius 1 is 1.35 bits per heavy atom. The third-order valence-electron chi connectivity index (χ3n) is 4.00. The van der Waals surface area contributed by atoms with Crippen molar-refractivity contribution in [2.75, 3.05) is 24.5 Å². The van der Waals surface area contributed by atoms with E-state index in [2.05, 4.69) is 27.1 Å². The van der Waals surface area contributed by atoms with Gasteiger partial charge in [-0.1, -0.05) is 32.4 Å². The highest BCUT2D eigenvalue weighted by molar-refractivity contribution is 6.29. The number of pyridine rings is 1. The van der Waals surface area contributed by atoms with E-state index in [0.717, 1.165) is 31.6 Å². The van der Waals surface area contributed by atoms with Crippen LogP contribution in [-0.4, -0.2) is 40.2 Å². The maximum atomic E-state index is 12.1. The number of nitrogens with one attached hydrogen (secondary N) is 1. The summed E-state index contributed by atoms with van der Waals surface area (Å²) in [5.41, 5.74) is 1.17. The largest absolute Gasteiger partial charge is 0.349 e. The third-order valence-corrected chi connectivity index (χ3v) is 4.21. The van der Waals surface area contributed by atoms with Gasteiger partial charge in [0, 0.05) is 32.7 Å². The maximum Gasteiger partial charge on any atom is 0.349 e. The molecule has 1 aliphatic rings. The van der Waals surface area contributed by atoms with Gasteiger partial charge in [-0.15, -0.1) is 0 Å². The van der Waals surface area contributed by atoms with Crippen molar-refractivity contribution in [1.29, 1.82) is 0 Å². The molecule has 7 heteroatoms. The van der Waals surface area contributed by atoms with E-state index in [4.69, 9.17) is 11.6 Å². The molecule has 1 atom stereocenters. The number of fused-ring (bicyclic) bond motifs is 1. The fourth-order valence-corrected chi connectivity index (χ4v) is 2.94. The van der Waals surface area contributed by atoms with Crippen LogP contribution in [0, 0.1) is 0 Å². The summed E-state index contributed by atoms with van der Waals surface area (Å²) in [6, 6.07) is 3.82. The van der Waals surface area contributed by atoms with Crippen molar-refractivity contribution in [1.82, 2.24) is 19.9 Å². The SMILES string of the molecule is CC.CCC1CNCCN1c1nc(=O)n(C)c2ccc(Cl)nc12. The minimum absolute atomic E-state index is 0.269. The van der Waals surface area contributed by atoms with Crippen molar-refractivity contribution in [3.05, 3.63) is 27.8 Å². The summed E-state index contributed by atoms with van der Waals surface area (Å²) in [4.78, 5) is 22.9. The number of halogens is 1. The van der Waals surface area contributed by atoms with Gasteiger partial charge in [0.2, 0.25) is 0 Å². The molecule has 0 amide bonds. The highest BCUT2D eigenvalue weighted by atomic mass is 35.5. The van der Waals surface area contributed by atoms with E-state index in [0.29, 0.717) is 22.5 Å². The molecule has 2 aromatic rings. The van der Waals surface area contributed by atoms with Crippen LogP contribution in [-0.2, 0) is 7.05 Å². The molecule has 3 rings (SSSR count). The Labute approximate surface area is 141 Å². The van der Waals surface area contributed by atoms with Crippen LogP contribution in [0.4, 0.5) is 5.82 Å². The van der Waals surface area contributed by atoms with Gasteiger partial charge in [0.15, 0.2) is 5.82 Å². The van der Waals surface area contributed by atoms with E-state index in [1.165, 1.54) is 4.57 Å². The van der Waals surface area contributed by atoms with Crippen LogP contribution < -0.4 is 15.9 Å². The normalized spacial score (nSPS) is 17.8. The molecule has 0 spiro atoms. The minimum Gasteiger partial charge on any atom is -0.349 e. The zero-order valence-electron chi connectivity index (χ0n) is 14.1. The number of nitrogens with zero attached hydrogens (tertiary/aromatic N) is 4. The van der Waals surface area contributed by atoms with Crippen LogP contribution in [0.15, 0.2) is 16.9 Å². The monoisotopic (exact) mass is 337 g/mol. The Hall–Kier alpha value is -1.66. The van der Waals surface area contributed by atoms with Crippen molar-refractivity contribution < 1.29 is 0 Å². The van der Waals surface area contributed by atoms with Gasteiger partial charge in [-0.2, -0.15) is 4.98 Å². The Kier molecular flexibility index (Phi) is 5.96. The lowest BCUT2D eigenvalue weighted by Crippen LogP contribution is -2.52. The summed E-state index contributed by atoms with van der Waals surface area (Å²) in [5, 5.41) is 3.78. The second-order valence-corrected chi connectivity index (χ2v) is 5.63. The molecule has 6 nitrogen and oxygen atoms in total. The van der Waals surface area contributed by atoms with Gasteiger partial charge in [0.25, 0.3) is 0 Å². The highest BCUT2D eigenvalue weighted by Gasteiger charge is 2.25. The van der Waals surface area contributed by atoms with Gasteiger partial charge in [-0.3, -0.25) is 4.57 Å². The molecule has 2 aromatic heterocycles. The zero-order chi connectivity index (χ0) is 17.0. The van der Waals surface area contributed by atoms with Crippen LogP contribution >= 0.6 is 11.6 Å². The van der Waals surface area contributed by atoms with Gasteiger partial charge >= 0.3 is 5.69 Å². The molecule has 126 valence electrons. The number of aryl methyl sites for hydroxylation is 1. The van der Waals surface area contributed by atoms with E-state index < -0.39 is 0 Å². The first-order chi connectivity index (χ1) is 11.1. The highest BCUT2D eigenvalue weighted by Crippen LogP contribution is 2.25. The first kappa shape index (κ1) is 17.7. The second kappa shape index (κ2) is 7.75. The Balaban J connectivity index is 0.000000924. The van der Waals surface area contributed by atoms with E-state index in [1.54, 1.807) is 13.1 Å². The lowest BCUT2D eigenvalue weighted by Gasteiger charge is -2.36. The van der Waals surface area contributed by atoms with Crippen molar-refractivity contribution in [3.63, 3.8) is 0 Å². The molecule has 0 bridgehead atoms. The van der Waals surface area contributed by atoms with E-state index >= 15 is 0 Å². The fourth-order valence-electron chi connectivity index (χ4n) is 2.79. The standard InChI is InChI=1S/C14H18ClN5O.C2H6/c1-3-9-8-16-6-7-20(9)13-12-10(4-5-11(15)17-12)19(2)14(21)18-13;1-2/h4-5,9,16H,3,6-8H2,1-2H3;1-2H3. The average Bonchev–Trinajstić information content (AvgIpc) is 2.59. The van der Waals surface area contributed by atoms with Crippen LogP contribution in [0.5, 0.6) is 0 Å². The Morgan fingerprint density at radius 3 is 2.78 bits per heavy atom. The van der Waals surface area contributed by atoms with E-state index in [9.17, 15) is 4.79 Å². The fraction of sp³-hybridized carbons (Fsp3) is 0.562. The van der Waals surface area contributed by atoms with Gasteiger partial charge in [-0.25, -0.2) is 9.78 Å². The molecule has 1 saturated heterocycles. The smallest absolute Gasteiger partial charge is 0.349 e. The van der Waals surface area contributed by atoms with Gasteiger partial charge in [0.1, 0.15) is 10.7 Å². The Morgan fingerprint density at radius 2 is 2.09 bits per heavy atom. The van der Waals surface area contributed by atoms with Crippen molar-refractivity contribution in [3.8, 4) is 0 Å². The summed E-state index contributed by atoms with van der Waals surface area (Å²) in [6.07, 6.45) is 0.978. The van der Waals surface area contributed by atoms with Crippen LogP contribution in [0.2, 0.25) is 5.15 Å². The molecule has 1 aliphatic heterocycles. The van der Waals surface area contributed by atoms with E-state index in [-0.39, 0.29) is 5.69 Å². The van der Waals surface area contributed by atoms with Crippen LogP contribution in [0.3, 0.4) is 0 Å². The topological polar surface area (TPSA) is 63.1 Å². The maximum absolute atomic E-state index is 12.1. The van der Waals surface area contributed by atoms with Crippen molar-refractivity contribution in [2.45, 2.75) is 33.2 Å². The summed E-state index contributed by atoms with van der Waals surface area (Å²) in [7, 11) is 1.70. The van der Waals surface area contributed by atoms with Crippen molar-refractivity contribution in [2.24, 2.45) is 7.05 Å². The zero-order valence-corrected chi connectivity index (χ0v) is 14.9. The average molecular weight is 338 g/mol. The van der Waals surface area contributed by atoms with Crippen LogP contribution in [0.25, 0.3) is 11.0 Å². The summed E-state index contributed by atoms with van der Waals surface area (Å²) < 4.78 is 1.51. The molecule has 0 aromatic carbocycles. The van der Waals surface area contributed by atoms with Crippen molar-refractivity contribution >= 4 is 28.5 Å². The predicted molar refractivity (Wildman–Crippen MR) is 95.4 cm³/mol. The summed E-state index contributed by atoms with van der Waals surface area (Å²) in [6.45, 7) is 8.70. The number of piperazine rings is 1. The Bertz CT molecular complexity index is 730. The van der Waals surface area contributed by atoms with Gasteiger partial charge in [0.05, 0.1) is 5.52 Å². The molecule has 1 N–H and O–H groups in total. The molecule has 0 radical (unpaired) electrons. The summed E-state index contributed by atoms with van der Waals surface area (Å²) in [5.74, 6) is 0.643. The lowest BCUT2D eigenvalue weighted by molar-refractivity contribution is 0.463. The molecule has 1 unspecified atom stereocenters. The van der Waals surface area contributed by atoms with Crippen LogP contribution in [0.1, 0.15) is 27.2 Å². The first-order valence-corrected chi connectivity index (χ1v) is 8.50. The molecular weight excluding hydrogens is 314 g/mol. The number of anilines is 1. The summed E-state index contributed by atoms with van der Waals surface area (Å²) >= 11 is 6.03. The molecular formula is C16H24ClN5O. The predicted octanol–water partition coefficient (Wildman–Crippen LogP) is 2.20. The molecule has 0 saturated carbocycles. The molecule has 0 aliphatic carbocycles. The molecule has 23 heavy (non-hydrogen) atoms. The van der Waals surface area contributed by atoms with Gasteiger partial charge < -0.3 is 10.2 Å². The third kappa shape index (κ3) is 3.48. The number of hydrogen-bond donors (Lipinski definition) is 1. The second-order valence-electron chi connectivity index (χ2n) is 5.24. The molecule has 3 heterocycles. The van der Waals surface area contributed by atoms with E-state index in [1.807, 2.05) is 19.9 Å². The quantitative estimate of drug-likeness (QED) is 0.851. The number of aromatic nitrogens is 3. The molecule has 1 fully saturated rings. The van der Waals surface area contributed by atoms with Gasteiger partial charge in [-0.05, 0) is 18.6 Å². The lowest BCUT2D eigenvalue weighted by atomic mass is 10.1. The number of hydrogen-bond acceptors (Lipinski definition) is 5.